The van der Waals surface area contributed by atoms with Crippen LogP contribution in [0, 0.1) is 18.6 Å². The number of fused-ring (bicyclic) bond motifs is 1. The normalized spacial score (nSPS) is 16.6. The van der Waals surface area contributed by atoms with E-state index < -0.39 is 45.8 Å². The van der Waals surface area contributed by atoms with Crippen molar-refractivity contribution in [2.24, 2.45) is 0 Å². The minimum atomic E-state index is -3.63. The lowest BCUT2D eigenvalue weighted by Crippen LogP contribution is -2.50. The van der Waals surface area contributed by atoms with Gasteiger partial charge in [-0.05, 0) is 79.3 Å². The summed E-state index contributed by atoms with van der Waals surface area (Å²) in [4.78, 5) is 28.6. The number of carbonyl (C=O) groups is 2. The first-order valence-corrected chi connectivity index (χ1v) is 16.7. The molecule has 45 heavy (non-hydrogen) atoms. The Morgan fingerprint density at radius 1 is 1.00 bits per heavy atom. The number of aryl methyl sites for hydroxylation is 1. The van der Waals surface area contributed by atoms with Gasteiger partial charge in [-0.1, -0.05) is 32.0 Å². The molecule has 9 nitrogen and oxygen atoms in total. The molecule has 242 valence electrons. The maximum absolute atomic E-state index is 14.0. The molecule has 0 saturated heterocycles. The molecule has 0 radical (unpaired) electrons. The topological polar surface area (TPSA) is 128 Å². The van der Waals surface area contributed by atoms with Crippen molar-refractivity contribution in [2.75, 3.05) is 30.1 Å². The number of aliphatic hydroxyl groups is 1. The van der Waals surface area contributed by atoms with Crippen molar-refractivity contribution in [3.05, 3.63) is 100 Å². The van der Waals surface area contributed by atoms with E-state index in [0.29, 0.717) is 35.5 Å². The summed E-state index contributed by atoms with van der Waals surface area (Å²) in [6.45, 7) is 6.76. The molecule has 0 bridgehead atoms. The third-order valence-corrected chi connectivity index (χ3v) is 8.88. The van der Waals surface area contributed by atoms with Gasteiger partial charge < -0.3 is 20.6 Å². The van der Waals surface area contributed by atoms with E-state index in [0.717, 1.165) is 31.0 Å². The zero-order chi connectivity index (χ0) is 32.7. The quantitative estimate of drug-likeness (QED) is 0.220. The van der Waals surface area contributed by atoms with E-state index in [4.69, 9.17) is 0 Å². The number of benzene rings is 3. The Labute approximate surface area is 263 Å². The number of hydrogen-bond donors (Lipinski definition) is 4. The minimum Gasteiger partial charge on any atom is -0.390 e. The van der Waals surface area contributed by atoms with Crippen molar-refractivity contribution in [1.82, 2.24) is 15.5 Å². The molecule has 1 aliphatic heterocycles. The Kier molecular flexibility index (Phi) is 11.3. The maximum Gasteiger partial charge on any atom is 0.253 e. The maximum atomic E-state index is 14.0. The van der Waals surface area contributed by atoms with Gasteiger partial charge in [-0.3, -0.25) is 14.3 Å². The van der Waals surface area contributed by atoms with Crippen molar-refractivity contribution in [3.8, 4) is 0 Å². The third-order valence-electron chi connectivity index (χ3n) is 7.58. The Morgan fingerprint density at radius 3 is 2.31 bits per heavy atom. The number of anilines is 1. The van der Waals surface area contributed by atoms with Gasteiger partial charge in [0.25, 0.3) is 11.8 Å². The van der Waals surface area contributed by atoms with Gasteiger partial charge in [0.05, 0.1) is 29.6 Å². The fraction of sp³-hybridized carbons (Fsp3) is 0.394. The summed E-state index contributed by atoms with van der Waals surface area (Å²) < 4.78 is 55.5. The fourth-order valence-corrected chi connectivity index (χ4v) is 6.92. The van der Waals surface area contributed by atoms with Crippen LogP contribution in [0.15, 0.2) is 60.7 Å². The number of rotatable bonds is 13. The van der Waals surface area contributed by atoms with Crippen LogP contribution < -0.4 is 15.4 Å². The van der Waals surface area contributed by atoms with Gasteiger partial charge in [-0.15, -0.1) is 0 Å². The number of amides is 2. The van der Waals surface area contributed by atoms with Crippen molar-refractivity contribution in [2.45, 2.75) is 58.2 Å². The van der Waals surface area contributed by atoms with Gasteiger partial charge in [0.15, 0.2) is 0 Å². The van der Waals surface area contributed by atoms with Crippen LogP contribution in [0.4, 0.5) is 14.5 Å². The van der Waals surface area contributed by atoms with E-state index in [2.05, 4.69) is 15.4 Å². The van der Waals surface area contributed by atoms with Gasteiger partial charge >= 0.3 is 0 Å². The van der Waals surface area contributed by atoms with E-state index in [9.17, 15) is 31.9 Å². The van der Waals surface area contributed by atoms with Crippen LogP contribution in [-0.2, 0) is 16.4 Å². The molecule has 3 atom stereocenters. The largest absolute Gasteiger partial charge is 0.390 e. The van der Waals surface area contributed by atoms with Crippen LogP contribution in [0.3, 0.4) is 0 Å². The highest BCUT2D eigenvalue weighted by Gasteiger charge is 2.31. The van der Waals surface area contributed by atoms with Crippen molar-refractivity contribution >= 4 is 27.5 Å². The first-order chi connectivity index (χ1) is 21.4. The van der Waals surface area contributed by atoms with Crippen LogP contribution >= 0.6 is 0 Å². The molecule has 0 spiro atoms. The summed E-state index contributed by atoms with van der Waals surface area (Å²) in [5.41, 5.74) is 2.58. The number of sulfonamides is 1. The summed E-state index contributed by atoms with van der Waals surface area (Å²) in [5, 5.41) is 17.2. The number of hydrogen-bond acceptors (Lipinski definition) is 6. The van der Waals surface area contributed by atoms with Gasteiger partial charge in [-0.2, -0.15) is 0 Å². The number of halogens is 2. The SMILES string of the molecule is CCCN(CCC)C(=O)c1cc(C)cc(C(=O)NC(Cc2cc(F)cc(F)c2)C(O)CN[C@@H]2CS(=O)(=O)Nc3ccccc32)c1. The molecule has 3 aromatic carbocycles. The third kappa shape index (κ3) is 9.09. The summed E-state index contributed by atoms with van der Waals surface area (Å²) in [6.07, 6.45) is 0.158. The molecule has 0 saturated carbocycles. The van der Waals surface area contributed by atoms with Crippen LogP contribution in [0.25, 0.3) is 0 Å². The van der Waals surface area contributed by atoms with Crippen molar-refractivity contribution in [3.63, 3.8) is 0 Å². The van der Waals surface area contributed by atoms with Crippen LogP contribution in [0.1, 0.15) is 70.1 Å². The predicted molar refractivity (Wildman–Crippen MR) is 170 cm³/mol. The summed E-state index contributed by atoms with van der Waals surface area (Å²) >= 11 is 0. The van der Waals surface area contributed by atoms with Crippen LogP contribution in [0.2, 0.25) is 0 Å². The van der Waals surface area contributed by atoms with Gasteiger partial charge in [0, 0.05) is 36.8 Å². The van der Waals surface area contributed by atoms with E-state index >= 15 is 0 Å². The Bertz CT molecular complexity index is 1610. The predicted octanol–water partition coefficient (Wildman–Crippen LogP) is 4.32. The zero-order valence-corrected chi connectivity index (χ0v) is 26.5. The average Bonchev–Trinajstić information content (AvgIpc) is 2.97. The van der Waals surface area contributed by atoms with Crippen molar-refractivity contribution < 1.29 is 31.9 Å². The van der Waals surface area contributed by atoms with Crippen LogP contribution in [-0.4, -0.2) is 67.8 Å². The standard InChI is InChI=1S/C33H40F2N4O5S/c1-4-10-39(11-5-2)33(42)24-13-21(3)12-23(17-24)32(41)37-29(16-22-14-25(34)18-26(35)15-22)31(40)19-36-30-20-45(43,44)38-28-9-7-6-8-27(28)30/h6-9,12-15,17-18,29-31,36,38,40H,4-5,10-11,16,19-20H2,1-3H3,(H,37,41)/t29?,30-,31?/m1/s1. The van der Waals surface area contributed by atoms with E-state index in [1.54, 1.807) is 48.2 Å². The molecular formula is C33H40F2N4O5S. The molecule has 0 aromatic heterocycles. The molecule has 12 heteroatoms. The lowest BCUT2D eigenvalue weighted by molar-refractivity contribution is 0.0755. The highest BCUT2D eigenvalue weighted by Crippen LogP contribution is 2.30. The molecule has 0 fully saturated rings. The lowest BCUT2D eigenvalue weighted by Gasteiger charge is -2.30. The van der Waals surface area contributed by atoms with E-state index in [1.165, 1.54) is 6.07 Å². The number of nitrogens with zero attached hydrogens (tertiary/aromatic N) is 1. The molecule has 1 aliphatic rings. The molecule has 2 unspecified atom stereocenters. The van der Waals surface area contributed by atoms with Crippen LogP contribution in [0.5, 0.6) is 0 Å². The highest BCUT2D eigenvalue weighted by atomic mass is 32.2. The Balaban J connectivity index is 1.58. The minimum absolute atomic E-state index is 0.122. The smallest absolute Gasteiger partial charge is 0.253 e. The van der Waals surface area contributed by atoms with Gasteiger partial charge in [0.2, 0.25) is 10.0 Å². The molecule has 1 heterocycles. The molecular weight excluding hydrogens is 602 g/mol. The second kappa shape index (κ2) is 14.9. The Hall–Kier alpha value is -3.87. The first kappa shape index (κ1) is 34.0. The summed E-state index contributed by atoms with van der Waals surface area (Å²) in [5.74, 6) is -2.64. The van der Waals surface area contributed by atoms with Gasteiger partial charge in [-0.25, -0.2) is 17.2 Å². The first-order valence-electron chi connectivity index (χ1n) is 15.1. The molecule has 4 rings (SSSR count). The van der Waals surface area contributed by atoms with Crippen molar-refractivity contribution in [1.29, 1.82) is 0 Å². The number of carbonyl (C=O) groups excluding carboxylic acids is 2. The summed E-state index contributed by atoms with van der Waals surface area (Å²) in [7, 11) is -3.63. The van der Waals surface area contributed by atoms with E-state index in [-0.39, 0.29) is 35.8 Å². The molecule has 2 amide bonds. The lowest BCUT2D eigenvalue weighted by atomic mass is 9.98. The monoisotopic (exact) mass is 642 g/mol. The van der Waals surface area contributed by atoms with Gasteiger partial charge in [0.1, 0.15) is 11.6 Å². The molecule has 3 aromatic rings. The fourth-order valence-electron chi connectivity index (χ4n) is 5.58. The second-order valence-corrected chi connectivity index (χ2v) is 13.2. The zero-order valence-electron chi connectivity index (χ0n) is 25.6. The second-order valence-electron chi connectivity index (χ2n) is 11.4. The average molecular weight is 643 g/mol. The summed E-state index contributed by atoms with van der Waals surface area (Å²) in [6, 6.07) is 13.0. The Morgan fingerprint density at radius 2 is 1.64 bits per heavy atom. The van der Waals surface area contributed by atoms with E-state index in [1.807, 2.05) is 13.8 Å². The number of aliphatic hydroxyl groups excluding tert-OH is 1. The highest BCUT2D eigenvalue weighted by molar-refractivity contribution is 7.92. The number of nitrogens with one attached hydrogen (secondary N) is 3. The molecule has 0 aliphatic carbocycles. The number of para-hydroxylation sites is 1. The molecule has 4 N–H and O–H groups in total.